The molecule has 0 aromatic heterocycles. The number of nitrogens with one attached hydrogen (secondary N) is 2. The minimum absolute atomic E-state index is 0.0242. The van der Waals surface area contributed by atoms with Crippen molar-refractivity contribution >= 4 is 49.7 Å². The Hall–Kier alpha value is -1.70. The van der Waals surface area contributed by atoms with E-state index in [2.05, 4.69) is 10.0 Å². The minimum atomic E-state index is -4.02. The lowest BCUT2D eigenvalue weighted by molar-refractivity contribution is -0.0129. The number of hydrogen-bond donors (Lipinski definition) is 4. The Morgan fingerprint density at radius 3 is 2.53 bits per heavy atom. The molecule has 0 amide bonds. The summed E-state index contributed by atoms with van der Waals surface area (Å²) in [6.07, 6.45) is -2.18. The first-order valence-electron chi connectivity index (χ1n) is 9.17. The molecule has 4 rings (SSSR count). The van der Waals surface area contributed by atoms with Gasteiger partial charge in [0.1, 0.15) is 35.8 Å². The van der Waals surface area contributed by atoms with Gasteiger partial charge in [-0.25, -0.2) is 17.2 Å². The Labute approximate surface area is 185 Å². The summed E-state index contributed by atoms with van der Waals surface area (Å²) in [5, 5.41) is 23.0. The maximum absolute atomic E-state index is 14.3. The zero-order chi connectivity index (χ0) is 21.7. The molecule has 2 atom stereocenters. The molecule has 2 aromatic rings. The Morgan fingerprint density at radius 2 is 1.87 bits per heavy atom. The van der Waals surface area contributed by atoms with Gasteiger partial charge in [0.15, 0.2) is 0 Å². The van der Waals surface area contributed by atoms with Crippen molar-refractivity contribution in [3.05, 3.63) is 45.5 Å². The normalized spacial score (nSPS) is 24.3. The third-order valence-corrected chi connectivity index (χ3v) is 8.18. The molecule has 7 nitrogen and oxygen atoms in total. The monoisotopic (exact) mass is 552 g/mol. The lowest BCUT2D eigenvalue weighted by atomic mass is 10.1. The van der Waals surface area contributed by atoms with Crippen LogP contribution in [0.2, 0.25) is 0 Å². The molecule has 0 saturated heterocycles. The molecule has 1 fully saturated rings. The first kappa shape index (κ1) is 21.5. The maximum atomic E-state index is 14.3. The summed E-state index contributed by atoms with van der Waals surface area (Å²) in [5.74, 6) is -1.54. The molecule has 2 unspecified atom stereocenters. The van der Waals surface area contributed by atoms with Crippen molar-refractivity contribution < 1.29 is 32.1 Å². The second-order valence-corrected chi connectivity index (χ2v) is 10.8. The lowest BCUT2D eigenvalue weighted by Gasteiger charge is -2.28. The Bertz CT molecular complexity index is 1090. The number of sulfonamides is 1. The van der Waals surface area contributed by atoms with Crippen molar-refractivity contribution in [1.29, 1.82) is 0 Å². The average molecular weight is 552 g/mol. The predicted molar refractivity (Wildman–Crippen MR) is 115 cm³/mol. The molecule has 4 N–H and O–H groups in total. The fraction of sp³-hybridized carbons (Fsp3) is 0.368. The number of hydrogen-bond acceptors (Lipinski definition) is 6. The second-order valence-electron chi connectivity index (χ2n) is 7.51. The zero-order valence-corrected chi connectivity index (χ0v) is 18.5. The molecule has 162 valence electrons. The standard InChI is InChI=1S/C19H19F2IN2O5S/c20-10-5-14(23-13-2-1-11(22)7-12(13)21)18-17(6-10)29-9-16(26)15(25)8-19(3-4-19)30(27,28)24-18/h1-2,5-7,15-16,23-26H,3-4,8-9H2. The van der Waals surface area contributed by atoms with Crippen LogP contribution in [0.1, 0.15) is 19.3 Å². The molecule has 1 aliphatic heterocycles. The van der Waals surface area contributed by atoms with Crippen molar-refractivity contribution in [3.8, 4) is 5.75 Å². The van der Waals surface area contributed by atoms with E-state index in [1.54, 1.807) is 6.07 Å². The summed E-state index contributed by atoms with van der Waals surface area (Å²) >= 11 is 1.95. The summed E-state index contributed by atoms with van der Waals surface area (Å²) in [6.45, 7) is -0.368. The molecule has 1 spiro atoms. The molecule has 30 heavy (non-hydrogen) atoms. The first-order valence-corrected chi connectivity index (χ1v) is 11.7. The van der Waals surface area contributed by atoms with Crippen molar-refractivity contribution in [2.45, 2.75) is 36.2 Å². The summed E-state index contributed by atoms with van der Waals surface area (Å²) in [5.41, 5.74) is -0.111. The van der Waals surface area contributed by atoms with Gasteiger partial charge in [-0.05, 0) is 66.1 Å². The Balaban J connectivity index is 1.80. The number of halogens is 3. The molecule has 0 radical (unpaired) electrons. The van der Waals surface area contributed by atoms with Crippen LogP contribution in [-0.4, -0.2) is 42.2 Å². The highest BCUT2D eigenvalue weighted by atomic mass is 127. The summed E-state index contributed by atoms with van der Waals surface area (Å²) in [7, 11) is -4.02. The number of aliphatic hydroxyl groups excluding tert-OH is 2. The molecule has 1 aliphatic carbocycles. The fourth-order valence-corrected chi connectivity index (χ4v) is 5.58. The predicted octanol–water partition coefficient (Wildman–Crippen LogP) is 3.09. The third kappa shape index (κ3) is 4.07. The largest absolute Gasteiger partial charge is 0.488 e. The summed E-state index contributed by atoms with van der Waals surface area (Å²) in [6, 6.07) is 6.36. The van der Waals surface area contributed by atoms with E-state index < -0.39 is 38.6 Å². The van der Waals surface area contributed by atoms with Gasteiger partial charge in [-0.3, -0.25) is 4.72 Å². The van der Waals surface area contributed by atoms with Gasteiger partial charge in [0.2, 0.25) is 10.0 Å². The maximum Gasteiger partial charge on any atom is 0.238 e. The van der Waals surface area contributed by atoms with Crippen molar-refractivity contribution in [3.63, 3.8) is 0 Å². The van der Waals surface area contributed by atoms with E-state index in [1.807, 2.05) is 22.6 Å². The number of anilines is 3. The number of ether oxygens (including phenoxy) is 1. The molecule has 2 aliphatic rings. The summed E-state index contributed by atoms with van der Waals surface area (Å²) in [4.78, 5) is 0. The van der Waals surface area contributed by atoms with Gasteiger partial charge in [0.05, 0.1) is 22.2 Å². The van der Waals surface area contributed by atoms with Gasteiger partial charge < -0.3 is 20.3 Å². The van der Waals surface area contributed by atoms with Crippen LogP contribution >= 0.6 is 22.6 Å². The second kappa shape index (κ2) is 7.77. The van der Waals surface area contributed by atoms with Gasteiger partial charge in [-0.15, -0.1) is 0 Å². The van der Waals surface area contributed by atoms with Crippen LogP contribution in [0.25, 0.3) is 0 Å². The van der Waals surface area contributed by atoms with E-state index >= 15 is 0 Å². The Morgan fingerprint density at radius 1 is 1.13 bits per heavy atom. The number of fused-ring (bicyclic) bond motifs is 1. The number of benzene rings is 2. The van der Waals surface area contributed by atoms with Gasteiger partial charge in [0, 0.05) is 9.64 Å². The molecule has 2 aromatic carbocycles. The van der Waals surface area contributed by atoms with Gasteiger partial charge in [0.25, 0.3) is 0 Å². The van der Waals surface area contributed by atoms with E-state index in [1.165, 1.54) is 12.1 Å². The number of aliphatic hydroxyl groups is 2. The SMILES string of the molecule is O=S1(=O)Nc2c(Nc3ccc(I)cc3F)cc(F)cc2OCC(O)C(O)CC12CC2. The van der Waals surface area contributed by atoms with Crippen molar-refractivity contribution in [2.75, 3.05) is 16.6 Å². The van der Waals surface area contributed by atoms with Gasteiger partial charge in [-0.1, -0.05) is 0 Å². The molecular weight excluding hydrogens is 533 g/mol. The van der Waals surface area contributed by atoms with E-state index in [0.717, 1.165) is 12.1 Å². The van der Waals surface area contributed by atoms with Crippen LogP contribution < -0.4 is 14.8 Å². The van der Waals surface area contributed by atoms with Crippen LogP contribution in [0.3, 0.4) is 0 Å². The third-order valence-electron chi connectivity index (χ3n) is 5.32. The van der Waals surface area contributed by atoms with E-state index in [0.29, 0.717) is 16.4 Å². The van der Waals surface area contributed by atoms with Crippen LogP contribution in [0.15, 0.2) is 30.3 Å². The van der Waals surface area contributed by atoms with E-state index in [9.17, 15) is 27.4 Å². The van der Waals surface area contributed by atoms with Gasteiger partial charge >= 0.3 is 0 Å². The highest BCUT2D eigenvalue weighted by Crippen LogP contribution is 2.50. The zero-order valence-electron chi connectivity index (χ0n) is 15.5. The number of rotatable bonds is 2. The summed E-state index contributed by atoms with van der Waals surface area (Å²) < 4.78 is 62.0. The van der Waals surface area contributed by atoms with E-state index in [-0.39, 0.29) is 35.8 Å². The van der Waals surface area contributed by atoms with Crippen LogP contribution in [-0.2, 0) is 10.0 Å². The average Bonchev–Trinajstić information content (AvgIpc) is 3.44. The van der Waals surface area contributed by atoms with Crippen LogP contribution in [0.4, 0.5) is 25.8 Å². The van der Waals surface area contributed by atoms with E-state index in [4.69, 9.17) is 4.74 Å². The topological polar surface area (TPSA) is 108 Å². The van der Waals surface area contributed by atoms with Gasteiger partial charge in [-0.2, -0.15) is 0 Å². The quantitative estimate of drug-likeness (QED) is 0.427. The molecule has 1 heterocycles. The first-order chi connectivity index (χ1) is 14.1. The lowest BCUT2D eigenvalue weighted by Crippen LogP contribution is -2.41. The smallest absolute Gasteiger partial charge is 0.238 e. The molecule has 1 saturated carbocycles. The molecular formula is C19H19F2IN2O5S. The molecule has 11 heteroatoms. The van der Waals surface area contributed by atoms with Crippen LogP contribution in [0.5, 0.6) is 5.75 Å². The molecule has 0 bridgehead atoms. The highest BCUT2D eigenvalue weighted by Gasteiger charge is 2.56. The highest BCUT2D eigenvalue weighted by molar-refractivity contribution is 14.1. The fourth-order valence-electron chi connectivity index (χ4n) is 3.40. The van der Waals surface area contributed by atoms with Crippen molar-refractivity contribution in [2.24, 2.45) is 0 Å². The van der Waals surface area contributed by atoms with Crippen molar-refractivity contribution in [1.82, 2.24) is 0 Å². The minimum Gasteiger partial charge on any atom is -0.488 e. The van der Waals surface area contributed by atoms with Crippen LogP contribution in [0, 0.1) is 15.2 Å². The Kier molecular flexibility index (Phi) is 5.58.